The lowest BCUT2D eigenvalue weighted by atomic mass is 10.2. The summed E-state index contributed by atoms with van der Waals surface area (Å²) >= 11 is 5.84. The Morgan fingerprint density at radius 3 is 2.62 bits per heavy atom. The van der Waals surface area contributed by atoms with Crippen LogP contribution in [0.25, 0.3) is 6.08 Å². The molecule has 0 saturated carbocycles. The Kier molecular flexibility index (Phi) is 4.95. The van der Waals surface area contributed by atoms with Gasteiger partial charge in [-0.25, -0.2) is 9.18 Å². The summed E-state index contributed by atoms with van der Waals surface area (Å²) in [6, 6.07) is 11.4. The first-order valence-corrected chi connectivity index (χ1v) is 6.51. The molecule has 0 aliphatic carbocycles. The lowest BCUT2D eigenvalue weighted by molar-refractivity contribution is -0.131. The van der Waals surface area contributed by atoms with Gasteiger partial charge in [0.05, 0.1) is 5.02 Å². The van der Waals surface area contributed by atoms with E-state index in [0.717, 1.165) is 11.6 Å². The second kappa shape index (κ2) is 6.90. The maximum Gasteiger partial charge on any atom is 0.328 e. The average molecular weight is 307 g/mol. The van der Waals surface area contributed by atoms with Crippen LogP contribution in [0.1, 0.15) is 11.1 Å². The van der Waals surface area contributed by atoms with Crippen molar-refractivity contribution in [3.8, 4) is 5.75 Å². The first-order chi connectivity index (χ1) is 10.1. The van der Waals surface area contributed by atoms with Crippen LogP contribution in [-0.2, 0) is 11.4 Å². The Balaban J connectivity index is 2.01. The first kappa shape index (κ1) is 15.1. The number of rotatable bonds is 5. The van der Waals surface area contributed by atoms with Crippen LogP contribution in [0.4, 0.5) is 4.39 Å². The monoisotopic (exact) mass is 306 g/mol. The second-order valence-electron chi connectivity index (χ2n) is 4.24. The molecule has 5 heteroatoms. The number of carboxylic acid groups (broad SMARTS) is 1. The van der Waals surface area contributed by atoms with Crippen molar-refractivity contribution in [1.29, 1.82) is 0 Å². The Labute approximate surface area is 126 Å². The normalized spacial score (nSPS) is 10.8. The fraction of sp³-hybridized carbons (Fsp3) is 0.0625. The number of carbonyl (C=O) groups is 1. The summed E-state index contributed by atoms with van der Waals surface area (Å²) in [6.07, 6.45) is 2.54. The smallest absolute Gasteiger partial charge is 0.328 e. The summed E-state index contributed by atoms with van der Waals surface area (Å²) in [5, 5.41) is 8.59. The quantitative estimate of drug-likeness (QED) is 0.844. The van der Waals surface area contributed by atoms with E-state index in [1.165, 1.54) is 12.1 Å². The fourth-order valence-corrected chi connectivity index (χ4v) is 1.84. The van der Waals surface area contributed by atoms with Crippen LogP contribution in [-0.4, -0.2) is 11.1 Å². The molecule has 0 amide bonds. The van der Waals surface area contributed by atoms with Crippen LogP contribution in [0.15, 0.2) is 48.5 Å². The van der Waals surface area contributed by atoms with Crippen molar-refractivity contribution in [2.75, 3.05) is 0 Å². The van der Waals surface area contributed by atoms with Crippen LogP contribution in [0.2, 0.25) is 5.02 Å². The highest BCUT2D eigenvalue weighted by Gasteiger charge is 2.06. The molecule has 0 heterocycles. The molecule has 0 fully saturated rings. The second-order valence-corrected chi connectivity index (χ2v) is 4.62. The van der Waals surface area contributed by atoms with Gasteiger partial charge in [0.1, 0.15) is 18.2 Å². The van der Waals surface area contributed by atoms with E-state index in [1.54, 1.807) is 36.4 Å². The summed E-state index contributed by atoms with van der Waals surface area (Å²) in [4.78, 5) is 10.4. The lowest BCUT2D eigenvalue weighted by Crippen LogP contribution is -1.97. The highest BCUT2D eigenvalue weighted by molar-refractivity contribution is 6.31. The molecule has 0 spiro atoms. The molecule has 2 aromatic carbocycles. The van der Waals surface area contributed by atoms with Gasteiger partial charge in [-0.15, -0.1) is 0 Å². The number of aliphatic carboxylic acids is 1. The number of halogens is 2. The van der Waals surface area contributed by atoms with E-state index in [1.807, 2.05) is 0 Å². The van der Waals surface area contributed by atoms with Gasteiger partial charge in [0.15, 0.2) is 0 Å². The van der Waals surface area contributed by atoms with E-state index in [4.69, 9.17) is 21.4 Å². The minimum atomic E-state index is -1.00. The predicted molar refractivity (Wildman–Crippen MR) is 78.9 cm³/mol. The SMILES string of the molecule is O=C(O)/C=C/c1ccc(OCc2cccc(F)c2Cl)cc1. The third kappa shape index (κ3) is 4.33. The summed E-state index contributed by atoms with van der Waals surface area (Å²) in [6.45, 7) is 0.154. The van der Waals surface area contributed by atoms with Gasteiger partial charge in [-0.1, -0.05) is 35.9 Å². The van der Waals surface area contributed by atoms with Gasteiger partial charge < -0.3 is 9.84 Å². The maximum atomic E-state index is 13.3. The lowest BCUT2D eigenvalue weighted by Gasteiger charge is -2.08. The van der Waals surface area contributed by atoms with Crippen molar-refractivity contribution in [2.45, 2.75) is 6.61 Å². The zero-order valence-electron chi connectivity index (χ0n) is 10.9. The van der Waals surface area contributed by atoms with E-state index in [-0.39, 0.29) is 11.6 Å². The Bertz CT molecular complexity index is 666. The molecular weight excluding hydrogens is 295 g/mol. The molecular formula is C16H12ClFO3. The number of hydrogen-bond acceptors (Lipinski definition) is 2. The summed E-state index contributed by atoms with van der Waals surface area (Å²) < 4.78 is 18.8. The summed E-state index contributed by atoms with van der Waals surface area (Å²) in [5.74, 6) is -0.897. The van der Waals surface area contributed by atoms with Gasteiger partial charge in [-0.2, -0.15) is 0 Å². The fourth-order valence-electron chi connectivity index (χ4n) is 1.66. The number of carboxylic acids is 1. The third-order valence-electron chi connectivity index (χ3n) is 2.72. The zero-order valence-corrected chi connectivity index (χ0v) is 11.7. The predicted octanol–water partition coefficient (Wildman–Crippen LogP) is 4.16. The molecule has 1 N–H and O–H groups in total. The largest absolute Gasteiger partial charge is 0.489 e. The van der Waals surface area contributed by atoms with E-state index in [9.17, 15) is 9.18 Å². The topological polar surface area (TPSA) is 46.5 Å². The van der Waals surface area contributed by atoms with Gasteiger partial charge in [-0.05, 0) is 29.8 Å². The standard InChI is InChI=1S/C16H12ClFO3/c17-16-12(2-1-3-14(16)18)10-21-13-7-4-11(5-8-13)6-9-15(19)20/h1-9H,10H2,(H,19,20)/b9-6+. The minimum absolute atomic E-state index is 0.0542. The highest BCUT2D eigenvalue weighted by Crippen LogP contribution is 2.22. The third-order valence-corrected chi connectivity index (χ3v) is 3.15. The number of hydrogen-bond donors (Lipinski definition) is 1. The molecule has 0 atom stereocenters. The molecule has 108 valence electrons. The van der Waals surface area contributed by atoms with Crippen LogP contribution in [0.3, 0.4) is 0 Å². The highest BCUT2D eigenvalue weighted by atomic mass is 35.5. The van der Waals surface area contributed by atoms with Crippen LogP contribution in [0, 0.1) is 5.82 Å². The van der Waals surface area contributed by atoms with Crippen molar-refractivity contribution < 1.29 is 19.0 Å². The van der Waals surface area contributed by atoms with Gasteiger partial charge in [0.2, 0.25) is 0 Å². The molecule has 0 radical (unpaired) electrons. The molecule has 3 nitrogen and oxygen atoms in total. The van der Waals surface area contributed by atoms with Crippen molar-refractivity contribution in [3.05, 3.63) is 70.5 Å². The Morgan fingerprint density at radius 1 is 1.24 bits per heavy atom. The average Bonchev–Trinajstić information content (AvgIpc) is 2.48. The van der Waals surface area contributed by atoms with E-state index < -0.39 is 11.8 Å². The Hall–Kier alpha value is -2.33. The van der Waals surface area contributed by atoms with Crippen LogP contribution in [0.5, 0.6) is 5.75 Å². The van der Waals surface area contributed by atoms with Crippen LogP contribution < -0.4 is 4.74 Å². The van der Waals surface area contributed by atoms with E-state index in [2.05, 4.69) is 0 Å². The number of ether oxygens (including phenoxy) is 1. The van der Waals surface area contributed by atoms with Crippen LogP contribution >= 0.6 is 11.6 Å². The minimum Gasteiger partial charge on any atom is -0.489 e. The maximum absolute atomic E-state index is 13.3. The van der Waals surface area contributed by atoms with E-state index >= 15 is 0 Å². The first-order valence-electron chi connectivity index (χ1n) is 6.13. The van der Waals surface area contributed by atoms with Gasteiger partial charge in [0.25, 0.3) is 0 Å². The van der Waals surface area contributed by atoms with Crippen molar-refractivity contribution in [3.63, 3.8) is 0 Å². The molecule has 2 rings (SSSR count). The molecule has 0 aromatic heterocycles. The number of benzene rings is 2. The summed E-state index contributed by atoms with van der Waals surface area (Å²) in [7, 11) is 0. The zero-order chi connectivity index (χ0) is 15.2. The van der Waals surface area contributed by atoms with Crippen molar-refractivity contribution in [2.24, 2.45) is 0 Å². The molecule has 0 bridgehead atoms. The van der Waals surface area contributed by atoms with E-state index in [0.29, 0.717) is 11.3 Å². The van der Waals surface area contributed by atoms with Crippen molar-refractivity contribution >= 4 is 23.6 Å². The Morgan fingerprint density at radius 2 is 1.95 bits per heavy atom. The van der Waals surface area contributed by atoms with Crippen molar-refractivity contribution in [1.82, 2.24) is 0 Å². The molecule has 0 aliphatic heterocycles. The van der Waals surface area contributed by atoms with Gasteiger partial charge in [0, 0.05) is 11.6 Å². The molecule has 2 aromatic rings. The summed E-state index contributed by atoms with van der Waals surface area (Å²) in [5.41, 5.74) is 1.31. The molecule has 0 saturated heterocycles. The molecule has 0 unspecified atom stereocenters. The molecule has 21 heavy (non-hydrogen) atoms. The molecule has 0 aliphatic rings. The van der Waals surface area contributed by atoms with Gasteiger partial charge >= 0.3 is 5.97 Å². The van der Waals surface area contributed by atoms with Gasteiger partial charge in [-0.3, -0.25) is 0 Å².